The van der Waals surface area contributed by atoms with Crippen LogP contribution in [-0.2, 0) is 16.1 Å². The van der Waals surface area contributed by atoms with E-state index >= 15 is 0 Å². The number of halogens is 2. The molecule has 2 rings (SSSR count). The Morgan fingerprint density at radius 2 is 1.83 bits per heavy atom. The van der Waals surface area contributed by atoms with Gasteiger partial charge in [0.1, 0.15) is 11.6 Å². The lowest BCUT2D eigenvalue weighted by atomic mass is 10.2. The Hall–Kier alpha value is -2.60. The minimum absolute atomic E-state index is 0.110. The maximum absolute atomic E-state index is 12.8. The van der Waals surface area contributed by atoms with Gasteiger partial charge in [-0.05, 0) is 35.9 Å². The number of carbonyl (C=O) groups excluding carboxylic acids is 2. The van der Waals surface area contributed by atoms with Gasteiger partial charge in [-0.3, -0.25) is 9.59 Å². The van der Waals surface area contributed by atoms with Crippen molar-refractivity contribution in [3.63, 3.8) is 0 Å². The lowest BCUT2D eigenvalue weighted by molar-refractivity contribution is -0.136. The first-order chi connectivity index (χ1) is 11.0. The number of ether oxygens (including phenoxy) is 1. The third kappa shape index (κ3) is 4.69. The van der Waals surface area contributed by atoms with E-state index in [1.807, 2.05) is 0 Å². The summed E-state index contributed by atoms with van der Waals surface area (Å²) < 4.78 is 17.9. The molecule has 0 aliphatic carbocycles. The highest BCUT2D eigenvalue weighted by molar-refractivity contribution is 6.40. The van der Waals surface area contributed by atoms with E-state index in [0.717, 1.165) is 0 Å². The number of nitrogens with one attached hydrogen (secondary N) is 2. The molecule has 0 unspecified atom stereocenters. The van der Waals surface area contributed by atoms with Crippen molar-refractivity contribution in [2.75, 3.05) is 12.4 Å². The van der Waals surface area contributed by atoms with Crippen LogP contribution in [0.1, 0.15) is 5.56 Å². The average molecular weight is 337 g/mol. The molecule has 2 N–H and O–H groups in total. The molecule has 0 saturated heterocycles. The molecular formula is C16H14ClFN2O3. The van der Waals surface area contributed by atoms with Crippen LogP contribution in [0.4, 0.5) is 10.1 Å². The summed E-state index contributed by atoms with van der Waals surface area (Å²) in [7, 11) is 1.44. The third-order valence-electron chi connectivity index (χ3n) is 2.98. The fourth-order valence-electron chi connectivity index (χ4n) is 1.82. The fourth-order valence-corrected chi connectivity index (χ4v) is 1.99. The summed E-state index contributed by atoms with van der Waals surface area (Å²) in [6.45, 7) is 0.110. The van der Waals surface area contributed by atoms with E-state index in [-0.39, 0.29) is 12.4 Å². The van der Waals surface area contributed by atoms with Crippen LogP contribution in [0.5, 0.6) is 5.75 Å². The van der Waals surface area contributed by atoms with Gasteiger partial charge < -0.3 is 15.4 Å². The largest absolute Gasteiger partial charge is 0.495 e. The molecule has 2 aromatic rings. The van der Waals surface area contributed by atoms with Gasteiger partial charge >= 0.3 is 11.8 Å². The zero-order chi connectivity index (χ0) is 16.8. The van der Waals surface area contributed by atoms with Gasteiger partial charge in [0, 0.05) is 11.6 Å². The predicted molar refractivity (Wildman–Crippen MR) is 84.9 cm³/mol. The van der Waals surface area contributed by atoms with E-state index in [1.54, 1.807) is 12.1 Å². The van der Waals surface area contributed by atoms with Gasteiger partial charge in [-0.2, -0.15) is 0 Å². The van der Waals surface area contributed by atoms with E-state index in [2.05, 4.69) is 10.6 Å². The highest BCUT2D eigenvalue weighted by Crippen LogP contribution is 2.27. The molecule has 2 aromatic carbocycles. The summed E-state index contributed by atoms with van der Waals surface area (Å²) in [5.74, 6) is -1.66. The number of carbonyl (C=O) groups is 2. The van der Waals surface area contributed by atoms with E-state index in [4.69, 9.17) is 16.3 Å². The molecule has 0 aliphatic heterocycles. The highest BCUT2D eigenvalue weighted by Gasteiger charge is 2.15. The van der Waals surface area contributed by atoms with Crippen LogP contribution in [0.2, 0.25) is 5.02 Å². The van der Waals surface area contributed by atoms with Crippen LogP contribution in [0.25, 0.3) is 0 Å². The number of hydrogen-bond acceptors (Lipinski definition) is 3. The average Bonchev–Trinajstić information content (AvgIpc) is 2.54. The Bertz CT molecular complexity index is 720. The lowest BCUT2D eigenvalue weighted by Gasteiger charge is -2.10. The monoisotopic (exact) mass is 336 g/mol. The number of rotatable bonds is 4. The minimum Gasteiger partial charge on any atom is -0.495 e. The maximum Gasteiger partial charge on any atom is 0.313 e. The Kier molecular flexibility index (Phi) is 5.54. The first kappa shape index (κ1) is 16.8. The predicted octanol–water partition coefficient (Wildman–Crippen LogP) is 2.74. The van der Waals surface area contributed by atoms with Crippen molar-refractivity contribution >= 4 is 29.1 Å². The van der Waals surface area contributed by atoms with Crippen molar-refractivity contribution in [1.29, 1.82) is 0 Å². The molecule has 0 fully saturated rings. The normalized spacial score (nSPS) is 10.0. The van der Waals surface area contributed by atoms with Gasteiger partial charge in [0.25, 0.3) is 0 Å². The molecule has 0 atom stereocenters. The lowest BCUT2D eigenvalue weighted by Crippen LogP contribution is -2.35. The minimum atomic E-state index is -0.854. The van der Waals surface area contributed by atoms with Gasteiger partial charge in [-0.15, -0.1) is 0 Å². The molecule has 23 heavy (non-hydrogen) atoms. The van der Waals surface area contributed by atoms with Crippen molar-refractivity contribution in [1.82, 2.24) is 5.32 Å². The molecule has 5 nitrogen and oxygen atoms in total. The summed E-state index contributed by atoms with van der Waals surface area (Å²) in [6.07, 6.45) is 0. The summed E-state index contributed by atoms with van der Waals surface area (Å²) in [5, 5.41) is 5.27. The summed E-state index contributed by atoms with van der Waals surface area (Å²) >= 11 is 5.85. The molecule has 7 heteroatoms. The Labute approximate surface area is 137 Å². The molecule has 0 saturated carbocycles. The van der Waals surface area contributed by atoms with Gasteiger partial charge in [-0.25, -0.2) is 4.39 Å². The summed E-state index contributed by atoms with van der Waals surface area (Å²) in [5.41, 5.74) is 0.967. The van der Waals surface area contributed by atoms with Gasteiger partial charge in [0.2, 0.25) is 0 Å². The molecule has 0 aromatic heterocycles. The van der Waals surface area contributed by atoms with Crippen molar-refractivity contribution < 1.29 is 18.7 Å². The van der Waals surface area contributed by atoms with Crippen LogP contribution in [-0.4, -0.2) is 18.9 Å². The molecule has 120 valence electrons. The molecule has 0 spiro atoms. The summed E-state index contributed by atoms with van der Waals surface area (Å²) in [4.78, 5) is 23.7. The molecule has 0 aliphatic rings. The maximum atomic E-state index is 12.8. The number of methoxy groups -OCH3 is 1. The number of amides is 2. The van der Waals surface area contributed by atoms with Crippen LogP contribution in [0.15, 0.2) is 42.5 Å². The fraction of sp³-hybridized carbons (Fsp3) is 0.125. The van der Waals surface area contributed by atoms with Crippen molar-refractivity contribution in [3.8, 4) is 5.75 Å². The van der Waals surface area contributed by atoms with E-state index in [0.29, 0.717) is 22.0 Å². The van der Waals surface area contributed by atoms with Crippen molar-refractivity contribution in [3.05, 3.63) is 58.9 Å². The summed E-state index contributed by atoms with van der Waals surface area (Å²) in [6, 6.07) is 10.3. The quantitative estimate of drug-likeness (QED) is 0.844. The second kappa shape index (κ2) is 7.60. The Morgan fingerprint density at radius 1 is 1.13 bits per heavy atom. The topological polar surface area (TPSA) is 67.4 Å². The van der Waals surface area contributed by atoms with Gasteiger partial charge in [0.05, 0.1) is 12.8 Å². The Morgan fingerprint density at radius 3 is 2.48 bits per heavy atom. The first-order valence-corrected chi connectivity index (χ1v) is 7.04. The zero-order valence-electron chi connectivity index (χ0n) is 12.2. The highest BCUT2D eigenvalue weighted by atomic mass is 35.5. The Balaban J connectivity index is 1.96. The number of hydrogen-bond donors (Lipinski definition) is 2. The van der Waals surface area contributed by atoms with Gasteiger partial charge in [0.15, 0.2) is 0 Å². The number of benzene rings is 2. The van der Waals surface area contributed by atoms with Crippen LogP contribution >= 0.6 is 11.6 Å². The van der Waals surface area contributed by atoms with Crippen molar-refractivity contribution in [2.45, 2.75) is 6.54 Å². The van der Waals surface area contributed by atoms with Crippen LogP contribution in [0.3, 0.4) is 0 Å². The van der Waals surface area contributed by atoms with Crippen molar-refractivity contribution in [2.24, 2.45) is 0 Å². The second-order valence-electron chi connectivity index (χ2n) is 4.61. The van der Waals surface area contributed by atoms with Crippen LogP contribution in [0, 0.1) is 5.82 Å². The smallest absolute Gasteiger partial charge is 0.313 e. The molecule has 0 heterocycles. The van der Waals surface area contributed by atoms with Gasteiger partial charge in [-0.1, -0.05) is 23.7 Å². The standard InChI is InChI=1S/C16H14ClFN2O3/c1-23-14-7-4-11(17)8-13(14)20-16(22)15(21)19-9-10-2-5-12(18)6-3-10/h2-8H,9H2,1H3,(H,19,21)(H,20,22). The molecule has 2 amide bonds. The molecule has 0 radical (unpaired) electrons. The molecule has 0 bridgehead atoms. The second-order valence-corrected chi connectivity index (χ2v) is 5.04. The number of anilines is 1. The first-order valence-electron chi connectivity index (χ1n) is 6.67. The van der Waals surface area contributed by atoms with Crippen LogP contribution < -0.4 is 15.4 Å². The SMILES string of the molecule is COc1ccc(Cl)cc1NC(=O)C(=O)NCc1ccc(F)cc1. The van der Waals surface area contributed by atoms with E-state index in [1.165, 1.54) is 37.4 Å². The molecular weight excluding hydrogens is 323 g/mol. The zero-order valence-corrected chi connectivity index (χ0v) is 13.0. The third-order valence-corrected chi connectivity index (χ3v) is 3.22. The van der Waals surface area contributed by atoms with E-state index < -0.39 is 11.8 Å². The van der Waals surface area contributed by atoms with E-state index in [9.17, 15) is 14.0 Å².